The number of carbonyl (C=O) groups excluding carboxylic acids is 6. The molecule has 2 rings (SSSR count). The first-order chi connectivity index (χ1) is 16.6. The first-order valence-corrected chi connectivity index (χ1v) is 10.1. The van der Waals surface area contributed by atoms with Crippen LogP contribution in [0, 0.1) is 4.91 Å². The third-order valence-corrected chi connectivity index (χ3v) is 4.84. The summed E-state index contributed by atoms with van der Waals surface area (Å²) in [5.41, 5.74) is -4.07. The van der Waals surface area contributed by atoms with E-state index in [0.29, 0.717) is 18.3 Å². The van der Waals surface area contributed by atoms with Gasteiger partial charge < -0.3 is 0 Å². The predicted octanol–water partition coefficient (Wildman–Crippen LogP) is 0.000900. The normalized spacial score (nSPS) is 10.6. The topological polar surface area (TPSA) is 195 Å². The molecule has 0 atom stereocenters. The van der Waals surface area contributed by atoms with Crippen LogP contribution in [0.5, 0.6) is 0 Å². The Hall–Kier alpha value is -4.76. The molecule has 0 saturated heterocycles. The minimum absolute atomic E-state index is 0.410. The van der Waals surface area contributed by atoms with Gasteiger partial charge in [0.05, 0.1) is 0 Å². The Bertz CT molecular complexity index is 1360. The van der Waals surface area contributed by atoms with Gasteiger partial charge >= 0.3 is 16.5 Å². The van der Waals surface area contributed by atoms with Crippen molar-refractivity contribution in [3.8, 4) is 0 Å². The van der Waals surface area contributed by atoms with Gasteiger partial charge in [0.25, 0.3) is 0 Å². The standard InChI is InChI=1S/C20H22N5O11/c1-9(26)17-15(21(11(3)28)19(32)23(17)13(5)30)7-35-25(34)36-8-16-18(10(2)27)24(14(6)31)20(33)22(16)12(4)29/h7-8H2,1-6H3/q+1. The van der Waals surface area contributed by atoms with E-state index >= 15 is 0 Å². The molecule has 0 N–H and O–H groups in total. The lowest BCUT2D eigenvalue weighted by atomic mass is 10.2. The maximum atomic E-state index is 12.5. The Morgan fingerprint density at radius 3 is 1.08 bits per heavy atom. The molecule has 0 spiro atoms. The Labute approximate surface area is 201 Å². The molecule has 0 unspecified atom stereocenters. The van der Waals surface area contributed by atoms with E-state index < -0.39 is 87.7 Å². The lowest BCUT2D eigenvalue weighted by Gasteiger charge is -2.04. The van der Waals surface area contributed by atoms with Crippen LogP contribution in [0.3, 0.4) is 0 Å². The summed E-state index contributed by atoms with van der Waals surface area (Å²) in [5.74, 6) is -5.03. The molecular weight excluding hydrogens is 486 g/mol. The van der Waals surface area contributed by atoms with Crippen LogP contribution in [0.4, 0.5) is 0 Å². The Morgan fingerprint density at radius 1 is 0.583 bits per heavy atom. The fourth-order valence-electron chi connectivity index (χ4n) is 3.58. The average molecular weight is 508 g/mol. The number of carbonyl (C=O) groups is 6. The van der Waals surface area contributed by atoms with Crippen LogP contribution in [-0.4, -0.2) is 58.6 Å². The van der Waals surface area contributed by atoms with E-state index in [2.05, 4.69) is 0 Å². The molecule has 0 aliphatic heterocycles. The van der Waals surface area contributed by atoms with Crippen molar-refractivity contribution >= 4 is 35.2 Å². The first-order valence-electron chi connectivity index (χ1n) is 10.1. The fraction of sp³-hybridized carbons (Fsp3) is 0.400. The Morgan fingerprint density at radius 2 is 0.861 bits per heavy atom. The lowest BCUT2D eigenvalue weighted by Crippen LogP contribution is -2.31. The van der Waals surface area contributed by atoms with E-state index in [1.54, 1.807) is 0 Å². The number of imidazole rings is 2. The summed E-state index contributed by atoms with van der Waals surface area (Å²) >= 11 is 0. The smallest absolute Gasteiger partial charge is 0.293 e. The second kappa shape index (κ2) is 10.2. The minimum Gasteiger partial charge on any atom is -0.293 e. The Kier molecular flexibility index (Phi) is 7.82. The summed E-state index contributed by atoms with van der Waals surface area (Å²) in [4.78, 5) is 119. The van der Waals surface area contributed by atoms with Crippen molar-refractivity contribution in [2.24, 2.45) is 0 Å². The van der Waals surface area contributed by atoms with Crippen LogP contribution in [0.15, 0.2) is 9.59 Å². The quantitative estimate of drug-likeness (QED) is 0.344. The molecule has 0 aliphatic carbocycles. The molecule has 0 fully saturated rings. The fourth-order valence-corrected chi connectivity index (χ4v) is 3.58. The van der Waals surface area contributed by atoms with E-state index in [1.807, 2.05) is 0 Å². The molecule has 0 amide bonds. The van der Waals surface area contributed by atoms with Crippen molar-refractivity contribution in [2.45, 2.75) is 54.8 Å². The molecule has 2 aromatic heterocycles. The second-order valence-corrected chi connectivity index (χ2v) is 7.46. The SMILES string of the molecule is CC(=O)c1c(CO[N+](=O)OCc2c(C(C)=O)n(C(C)=O)c(=O)n2C(C)=O)n(C(C)=O)c(=O)n1C(C)=O. The maximum absolute atomic E-state index is 12.5. The zero-order valence-electron chi connectivity index (χ0n) is 20.1. The van der Waals surface area contributed by atoms with Gasteiger partial charge in [0.15, 0.2) is 11.6 Å². The summed E-state index contributed by atoms with van der Waals surface area (Å²) in [7, 11) is 0. The van der Waals surface area contributed by atoms with Crippen molar-refractivity contribution in [1.29, 1.82) is 0 Å². The van der Waals surface area contributed by atoms with Gasteiger partial charge in [-0.1, -0.05) is 0 Å². The van der Waals surface area contributed by atoms with Gasteiger partial charge in [0.1, 0.15) is 27.7 Å². The van der Waals surface area contributed by atoms with Crippen molar-refractivity contribution in [3.05, 3.63) is 48.7 Å². The minimum atomic E-state index is -1.14. The zero-order chi connectivity index (χ0) is 27.6. The van der Waals surface area contributed by atoms with Gasteiger partial charge in [-0.3, -0.25) is 28.8 Å². The second-order valence-electron chi connectivity index (χ2n) is 7.46. The number of nitrogens with zero attached hydrogens (tertiary/aromatic N) is 5. The highest BCUT2D eigenvalue weighted by Gasteiger charge is 2.32. The molecule has 0 aliphatic rings. The molecule has 2 aromatic rings. The van der Waals surface area contributed by atoms with E-state index in [1.165, 1.54) is 0 Å². The Balaban J connectivity index is 2.42. The monoisotopic (exact) mass is 508 g/mol. The summed E-state index contributed by atoms with van der Waals surface area (Å²) in [6.07, 6.45) is 0. The van der Waals surface area contributed by atoms with E-state index in [-0.39, 0.29) is 0 Å². The van der Waals surface area contributed by atoms with E-state index in [0.717, 1.165) is 41.5 Å². The highest BCUT2D eigenvalue weighted by atomic mass is 17.0. The predicted molar refractivity (Wildman–Crippen MR) is 116 cm³/mol. The maximum Gasteiger partial charge on any atom is 0.478 e. The van der Waals surface area contributed by atoms with Crippen molar-refractivity contribution in [3.63, 3.8) is 0 Å². The third-order valence-electron chi connectivity index (χ3n) is 4.84. The number of Topliss-reactive ketones (excluding diaryl/α,β-unsaturated/α-hetero) is 2. The van der Waals surface area contributed by atoms with Gasteiger partial charge in [-0.2, -0.15) is 9.68 Å². The number of rotatable bonds is 8. The molecule has 0 saturated carbocycles. The molecule has 2 heterocycles. The first kappa shape index (κ1) is 27.5. The lowest BCUT2D eigenvalue weighted by molar-refractivity contribution is -0.988. The number of ketones is 2. The van der Waals surface area contributed by atoms with Gasteiger partial charge in [0.2, 0.25) is 36.8 Å². The summed E-state index contributed by atoms with van der Waals surface area (Å²) in [6.45, 7) is 4.21. The molecule has 0 bridgehead atoms. The highest BCUT2D eigenvalue weighted by molar-refractivity contribution is 5.99. The average Bonchev–Trinajstić information content (AvgIpc) is 3.21. The molecule has 36 heavy (non-hydrogen) atoms. The van der Waals surface area contributed by atoms with Gasteiger partial charge in [-0.25, -0.2) is 27.9 Å². The van der Waals surface area contributed by atoms with Gasteiger partial charge in [0, 0.05) is 41.5 Å². The summed E-state index contributed by atoms with van der Waals surface area (Å²) in [6, 6.07) is 0. The number of hydrogen-bond donors (Lipinski definition) is 0. The highest BCUT2D eigenvalue weighted by Crippen LogP contribution is 2.14. The molecule has 0 aromatic carbocycles. The molecular formula is C20H22N5O11+. The van der Waals surface area contributed by atoms with Crippen LogP contribution in [-0.2, 0) is 22.9 Å². The van der Waals surface area contributed by atoms with Crippen molar-refractivity contribution in [2.75, 3.05) is 0 Å². The van der Waals surface area contributed by atoms with Crippen LogP contribution in [0.25, 0.3) is 0 Å². The summed E-state index contributed by atoms with van der Waals surface area (Å²) < 4.78 is 1.85. The van der Waals surface area contributed by atoms with Gasteiger partial charge in [-0.05, 0) is 0 Å². The van der Waals surface area contributed by atoms with E-state index in [4.69, 9.17) is 9.68 Å². The summed E-state index contributed by atoms with van der Waals surface area (Å²) in [5, 5.41) is -0.520. The van der Waals surface area contributed by atoms with E-state index in [9.17, 15) is 43.3 Å². The molecule has 0 radical (unpaired) electrons. The number of aromatic nitrogens is 4. The third kappa shape index (κ3) is 4.86. The number of hydrogen-bond acceptors (Lipinski definition) is 11. The molecule has 16 heteroatoms. The van der Waals surface area contributed by atoms with Crippen LogP contribution in [0.2, 0.25) is 0 Å². The van der Waals surface area contributed by atoms with Crippen molar-refractivity contribution in [1.82, 2.24) is 18.3 Å². The largest absolute Gasteiger partial charge is 0.478 e. The molecule has 192 valence electrons. The van der Waals surface area contributed by atoms with Gasteiger partial charge in [-0.15, -0.1) is 0 Å². The van der Waals surface area contributed by atoms with Crippen LogP contribution in [0.1, 0.15) is 93.1 Å². The molecule has 16 nitrogen and oxygen atoms in total. The van der Waals surface area contributed by atoms with Crippen molar-refractivity contribution < 1.29 is 43.5 Å². The van der Waals surface area contributed by atoms with Crippen LogP contribution < -0.4 is 11.4 Å². The van der Waals surface area contributed by atoms with Crippen LogP contribution >= 0.6 is 0 Å². The zero-order valence-corrected chi connectivity index (χ0v) is 20.1.